The van der Waals surface area contributed by atoms with Gasteiger partial charge in [-0.3, -0.25) is 4.57 Å². The fourth-order valence-electron chi connectivity index (χ4n) is 1.70. The molecule has 1 aromatic heterocycles. The molecular weight excluding hydrogens is 192 g/mol. The van der Waals surface area contributed by atoms with Crippen LogP contribution in [0, 0.1) is 0 Å². The van der Waals surface area contributed by atoms with Crippen molar-refractivity contribution in [1.29, 1.82) is 0 Å². The third kappa shape index (κ3) is 1.57. The maximum atomic E-state index is 11.5. The Bertz CT molecular complexity index is 537. The molecule has 4 heteroatoms. The van der Waals surface area contributed by atoms with E-state index in [-0.39, 0.29) is 11.8 Å². The molecule has 0 saturated carbocycles. The Morgan fingerprint density at radius 3 is 2.80 bits per heavy atom. The van der Waals surface area contributed by atoms with Gasteiger partial charge in [-0.1, -0.05) is 6.07 Å². The molecule has 4 nitrogen and oxygen atoms in total. The van der Waals surface area contributed by atoms with E-state index in [4.69, 9.17) is 10.2 Å². The van der Waals surface area contributed by atoms with Crippen LogP contribution in [0.3, 0.4) is 0 Å². The van der Waals surface area contributed by atoms with Crippen LogP contribution in [0.5, 0.6) is 0 Å². The molecule has 0 aliphatic rings. The van der Waals surface area contributed by atoms with Crippen LogP contribution in [-0.2, 0) is 6.54 Å². The second kappa shape index (κ2) is 3.55. The van der Waals surface area contributed by atoms with Crippen molar-refractivity contribution in [3.8, 4) is 0 Å². The summed E-state index contributed by atoms with van der Waals surface area (Å²) in [6, 6.07) is 5.65. The van der Waals surface area contributed by atoms with Gasteiger partial charge in [-0.2, -0.15) is 0 Å². The molecular formula is C11H14N2O2. The van der Waals surface area contributed by atoms with Crippen molar-refractivity contribution in [2.24, 2.45) is 5.73 Å². The zero-order valence-electron chi connectivity index (χ0n) is 8.86. The first kappa shape index (κ1) is 9.98. The summed E-state index contributed by atoms with van der Waals surface area (Å²) in [4.78, 5) is 11.5. The number of rotatable bonds is 2. The zero-order chi connectivity index (χ0) is 11.0. The molecule has 2 rings (SSSR count). The largest absolute Gasteiger partial charge is 0.420 e. The van der Waals surface area contributed by atoms with E-state index in [1.807, 2.05) is 26.0 Å². The predicted octanol–water partition coefficient (Wildman–Crippen LogP) is 1.63. The number of nitrogens with two attached hydrogens (primary N) is 1. The first-order chi connectivity index (χ1) is 7.13. The predicted molar refractivity (Wildman–Crippen MR) is 58.8 cm³/mol. The monoisotopic (exact) mass is 206 g/mol. The summed E-state index contributed by atoms with van der Waals surface area (Å²) in [5.74, 6) is -0.311. The zero-order valence-corrected chi connectivity index (χ0v) is 8.86. The van der Waals surface area contributed by atoms with Crippen molar-refractivity contribution in [2.45, 2.75) is 26.4 Å². The van der Waals surface area contributed by atoms with Crippen LogP contribution in [0.4, 0.5) is 0 Å². The van der Waals surface area contributed by atoms with Gasteiger partial charge in [-0.25, -0.2) is 4.79 Å². The molecule has 0 aliphatic carbocycles. The molecule has 80 valence electrons. The van der Waals surface area contributed by atoms with E-state index in [2.05, 4.69) is 0 Å². The molecule has 2 aromatic rings. The average Bonchev–Trinajstić information content (AvgIpc) is 2.52. The number of oxazole rings is 1. The minimum absolute atomic E-state index is 0.0896. The second-order valence-electron chi connectivity index (χ2n) is 3.84. The van der Waals surface area contributed by atoms with Gasteiger partial charge in [-0.05, 0) is 31.5 Å². The van der Waals surface area contributed by atoms with Gasteiger partial charge >= 0.3 is 5.76 Å². The van der Waals surface area contributed by atoms with E-state index in [0.717, 1.165) is 11.1 Å². The molecule has 0 radical (unpaired) electrons. The highest BCUT2D eigenvalue weighted by atomic mass is 16.4. The van der Waals surface area contributed by atoms with E-state index >= 15 is 0 Å². The summed E-state index contributed by atoms with van der Waals surface area (Å²) >= 11 is 0. The highest BCUT2D eigenvalue weighted by Crippen LogP contribution is 2.18. The molecule has 0 bridgehead atoms. The van der Waals surface area contributed by atoms with Gasteiger partial charge in [0.15, 0.2) is 5.58 Å². The van der Waals surface area contributed by atoms with Crippen LogP contribution >= 0.6 is 0 Å². The molecule has 1 aromatic carbocycles. The molecule has 0 unspecified atom stereocenters. The van der Waals surface area contributed by atoms with Crippen molar-refractivity contribution >= 4 is 11.1 Å². The second-order valence-corrected chi connectivity index (χ2v) is 3.84. The Labute approximate surface area is 87.3 Å². The molecule has 0 aliphatic heterocycles. The standard InChI is InChI=1S/C11H14N2O2/c1-7(2)13-9-5-8(6-12)3-4-10(9)15-11(13)14/h3-5,7H,6,12H2,1-2H3. The highest BCUT2D eigenvalue weighted by Gasteiger charge is 2.11. The number of fused-ring (bicyclic) bond motifs is 1. The van der Waals surface area contributed by atoms with Crippen LogP contribution in [0.1, 0.15) is 25.5 Å². The molecule has 0 atom stereocenters. The quantitative estimate of drug-likeness (QED) is 0.812. The van der Waals surface area contributed by atoms with Crippen LogP contribution in [0.25, 0.3) is 11.1 Å². The maximum absolute atomic E-state index is 11.5. The number of aromatic nitrogens is 1. The van der Waals surface area contributed by atoms with Gasteiger partial charge in [0.25, 0.3) is 0 Å². The summed E-state index contributed by atoms with van der Waals surface area (Å²) in [6.45, 7) is 4.37. The van der Waals surface area contributed by atoms with Gasteiger partial charge < -0.3 is 10.2 Å². The SMILES string of the molecule is CC(C)n1c(=O)oc2ccc(CN)cc21. The van der Waals surface area contributed by atoms with Crippen LogP contribution in [-0.4, -0.2) is 4.57 Å². The molecule has 15 heavy (non-hydrogen) atoms. The first-order valence-electron chi connectivity index (χ1n) is 4.97. The fourth-order valence-corrected chi connectivity index (χ4v) is 1.70. The van der Waals surface area contributed by atoms with Gasteiger partial charge in [-0.15, -0.1) is 0 Å². The smallest absolute Gasteiger partial charge is 0.408 e. The minimum atomic E-state index is -0.311. The Balaban J connectivity index is 2.78. The minimum Gasteiger partial charge on any atom is -0.408 e. The Morgan fingerprint density at radius 2 is 2.20 bits per heavy atom. The van der Waals surface area contributed by atoms with E-state index < -0.39 is 0 Å². The number of benzene rings is 1. The molecule has 0 spiro atoms. The van der Waals surface area contributed by atoms with E-state index in [1.165, 1.54) is 0 Å². The van der Waals surface area contributed by atoms with Crippen molar-refractivity contribution in [2.75, 3.05) is 0 Å². The van der Waals surface area contributed by atoms with Crippen molar-refractivity contribution < 1.29 is 4.42 Å². The lowest BCUT2D eigenvalue weighted by Gasteiger charge is -2.05. The van der Waals surface area contributed by atoms with Crippen LogP contribution in [0.15, 0.2) is 27.4 Å². The van der Waals surface area contributed by atoms with Gasteiger partial charge in [0.2, 0.25) is 0 Å². The number of nitrogens with zero attached hydrogens (tertiary/aromatic N) is 1. The molecule has 0 fully saturated rings. The summed E-state index contributed by atoms with van der Waals surface area (Å²) in [6.07, 6.45) is 0. The number of hydrogen-bond donors (Lipinski definition) is 1. The summed E-state index contributed by atoms with van der Waals surface area (Å²) in [7, 11) is 0. The fraction of sp³-hybridized carbons (Fsp3) is 0.364. The van der Waals surface area contributed by atoms with Gasteiger partial charge in [0.1, 0.15) is 0 Å². The normalized spacial score (nSPS) is 11.5. The Hall–Kier alpha value is -1.55. The average molecular weight is 206 g/mol. The van der Waals surface area contributed by atoms with Crippen molar-refractivity contribution in [1.82, 2.24) is 4.57 Å². The van der Waals surface area contributed by atoms with Crippen molar-refractivity contribution in [3.05, 3.63) is 34.3 Å². The van der Waals surface area contributed by atoms with Gasteiger partial charge in [0, 0.05) is 12.6 Å². The topological polar surface area (TPSA) is 61.2 Å². The van der Waals surface area contributed by atoms with E-state index in [9.17, 15) is 4.79 Å². The summed E-state index contributed by atoms with van der Waals surface area (Å²) in [5, 5.41) is 0. The lowest BCUT2D eigenvalue weighted by Crippen LogP contribution is -2.16. The van der Waals surface area contributed by atoms with E-state index in [0.29, 0.717) is 12.1 Å². The molecule has 0 saturated heterocycles. The molecule has 1 heterocycles. The third-order valence-electron chi connectivity index (χ3n) is 2.43. The Kier molecular flexibility index (Phi) is 2.36. The van der Waals surface area contributed by atoms with E-state index in [1.54, 1.807) is 10.6 Å². The lowest BCUT2D eigenvalue weighted by atomic mass is 10.2. The van der Waals surface area contributed by atoms with Crippen LogP contribution < -0.4 is 11.5 Å². The maximum Gasteiger partial charge on any atom is 0.420 e. The summed E-state index contributed by atoms with van der Waals surface area (Å²) in [5.41, 5.74) is 7.99. The Morgan fingerprint density at radius 1 is 1.47 bits per heavy atom. The number of hydrogen-bond acceptors (Lipinski definition) is 3. The lowest BCUT2D eigenvalue weighted by molar-refractivity contribution is 0.478. The van der Waals surface area contributed by atoms with Crippen molar-refractivity contribution in [3.63, 3.8) is 0 Å². The molecule has 2 N–H and O–H groups in total. The first-order valence-corrected chi connectivity index (χ1v) is 4.97. The van der Waals surface area contributed by atoms with Crippen LogP contribution in [0.2, 0.25) is 0 Å². The third-order valence-corrected chi connectivity index (χ3v) is 2.43. The summed E-state index contributed by atoms with van der Waals surface area (Å²) < 4.78 is 6.76. The molecule has 0 amide bonds. The highest BCUT2D eigenvalue weighted by molar-refractivity contribution is 5.73. The van der Waals surface area contributed by atoms with Gasteiger partial charge in [0.05, 0.1) is 5.52 Å².